The lowest BCUT2D eigenvalue weighted by Crippen LogP contribution is -2.32. The van der Waals surface area contributed by atoms with Gasteiger partial charge in [-0.1, -0.05) is 48.5 Å². The van der Waals surface area contributed by atoms with Crippen LogP contribution in [0.3, 0.4) is 0 Å². The number of carbonyl (C=O) groups is 1. The van der Waals surface area contributed by atoms with Crippen molar-refractivity contribution in [1.29, 1.82) is 0 Å². The average molecular weight is 249 g/mol. The van der Waals surface area contributed by atoms with Crippen molar-refractivity contribution >= 4 is 17.2 Å². The topological polar surface area (TPSA) is 20.3 Å². The minimum Gasteiger partial charge on any atom is -0.302 e. The van der Waals surface area contributed by atoms with Crippen molar-refractivity contribution in [2.24, 2.45) is 0 Å². The van der Waals surface area contributed by atoms with E-state index in [4.69, 9.17) is 0 Å². The third-order valence-electron chi connectivity index (χ3n) is 3.50. The van der Waals surface area contributed by atoms with Crippen molar-refractivity contribution in [3.63, 3.8) is 0 Å². The Hall–Kier alpha value is -2.35. The van der Waals surface area contributed by atoms with E-state index >= 15 is 0 Å². The predicted molar refractivity (Wildman–Crippen MR) is 77.8 cm³/mol. The first-order valence-corrected chi connectivity index (χ1v) is 6.42. The van der Waals surface area contributed by atoms with Gasteiger partial charge in [-0.15, -0.1) is 0 Å². The zero-order valence-electron chi connectivity index (χ0n) is 10.8. The highest BCUT2D eigenvalue weighted by molar-refractivity contribution is 6.13. The molecule has 3 rings (SSSR count). The molecule has 1 aliphatic rings. The van der Waals surface area contributed by atoms with E-state index in [0.29, 0.717) is 0 Å². The lowest BCUT2D eigenvalue weighted by Gasteiger charge is -2.24. The summed E-state index contributed by atoms with van der Waals surface area (Å²) in [5.74, 6) is 0.0533. The van der Waals surface area contributed by atoms with Gasteiger partial charge in [-0.05, 0) is 30.2 Å². The smallest absolute Gasteiger partial charge is 0.251 e. The second kappa shape index (κ2) is 4.73. The second-order valence-electron chi connectivity index (χ2n) is 4.69. The van der Waals surface area contributed by atoms with Crippen molar-refractivity contribution in [3.8, 4) is 0 Å². The first-order chi connectivity index (χ1) is 9.27. The maximum Gasteiger partial charge on any atom is 0.251 e. The van der Waals surface area contributed by atoms with Crippen LogP contribution in [0.4, 0.5) is 5.69 Å². The van der Waals surface area contributed by atoms with Gasteiger partial charge in [0.1, 0.15) is 0 Å². The number of hydrogen-bond donors (Lipinski definition) is 0. The Morgan fingerprint density at radius 1 is 0.895 bits per heavy atom. The monoisotopic (exact) mass is 249 g/mol. The molecule has 2 aromatic rings. The van der Waals surface area contributed by atoms with Gasteiger partial charge < -0.3 is 4.90 Å². The zero-order valence-corrected chi connectivity index (χ0v) is 10.8. The Morgan fingerprint density at radius 3 is 2.11 bits per heavy atom. The molecule has 1 amide bonds. The SMILES string of the molecule is CC1C(c2ccccc2)=CC(=O)N1c1ccccc1. The van der Waals surface area contributed by atoms with Crippen molar-refractivity contribution in [2.75, 3.05) is 4.90 Å². The number of carbonyl (C=O) groups excluding carboxylic acids is 1. The number of anilines is 1. The standard InChI is InChI=1S/C17H15NO/c1-13-16(14-8-4-2-5-9-14)12-17(19)18(13)15-10-6-3-7-11-15/h2-13H,1H3. The molecular formula is C17H15NO. The summed E-state index contributed by atoms with van der Waals surface area (Å²) in [6.07, 6.45) is 1.74. The number of hydrogen-bond acceptors (Lipinski definition) is 1. The van der Waals surface area contributed by atoms with Gasteiger partial charge in [0.2, 0.25) is 0 Å². The molecule has 0 spiro atoms. The third kappa shape index (κ3) is 2.06. The molecule has 1 aliphatic heterocycles. The van der Waals surface area contributed by atoms with Gasteiger partial charge in [0.15, 0.2) is 0 Å². The van der Waals surface area contributed by atoms with Gasteiger partial charge in [-0.2, -0.15) is 0 Å². The van der Waals surface area contributed by atoms with Crippen LogP contribution >= 0.6 is 0 Å². The molecule has 1 heterocycles. The van der Waals surface area contributed by atoms with E-state index < -0.39 is 0 Å². The van der Waals surface area contributed by atoms with E-state index in [-0.39, 0.29) is 11.9 Å². The number of amides is 1. The van der Waals surface area contributed by atoms with Crippen LogP contribution in [0, 0.1) is 0 Å². The molecule has 2 nitrogen and oxygen atoms in total. The summed E-state index contributed by atoms with van der Waals surface area (Å²) in [4.78, 5) is 14.1. The third-order valence-corrected chi connectivity index (χ3v) is 3.50. The molecule has 0 aromatic heterocycles. The molecule has 19 heavy (non-hydrogen) atoms. The highest BCUT2D eigenvalue weighted by Crippen LogP contribution is 2.32. The Morgan fingerprint density at radius 2 is 1.47 bits per heavy atom. The Kier molecular flexibility index (Phi) is 2.92. The van der Waals surface area contributed by atoms with E-state index in [0.717, 1.165) is 16.8 Å². The van der Waals surface area contributed by atoms with Gasteiger partial charge >= 0.3 is 0 Å². The highest BCUT2D eigenvalue weighted by Gasteiger charge is 2.30. The fraction of sp³-hybridized carbons (Fsp3) is 0.118. The summed E-state index contributed by atoms with van der Waals surface area (Å²) in [6, 6.07) is 19.9. The fourth-order valence-corrected chi connectivity index (χ4v) is 2.55. The van der Waals surface area contributed by atoms with Gasteiger partial charge in [0, 0.05) is 11.8 Å². The number of rotatable bonds is 2. The number of benzene rings is 2. The Balaban J connectivity index is 1.96. The van der Waals surface area contributed by atoms with E-state index in [1.54, 1.807) is 6.08 Å². The van der Waals surface area contributed by atoms with Crippen LogP contribution in [0.1, 0.15) is 12.5 Å². The van der Waals surface area contributed by atoms with Crippen LogP contribution in [0.2, 0.25) is 0 Å². The molecule has 0 bridgehead atoms. The summed E-state index contributed by atoms with van der Waals surface area (Å²) in [5, 5.41) is 0. The molecule has 2 heteroatoms. The lowest BCUT2D eigenvalue weighted by atomic mass is 10.0. The second-order valence-corrected chi connectivity index (χ2v) is 4.69. The molecule has 94 valence electrons. The summed E-state index contributed by atoms with van der Waals surface area (Å²) < 4.78 is 0. The van der Waals surface area contributed by atoms with Gasteiger partial charge in [0.25, 0.3) is 5.91 Å². The summed E-state index contributed by atoms with van der Waals surface area (Å²) in [6.45, 7) is 2.07. The van der Waals surface area contributed by atoms with Crippen molar-refractivity contribution in [1.82, 2.24) is 0 Å². The molecular weight excluding hydrogens is 234 g/mol. The quantitative estimate of drug-likeness (QED) is 0.797. The average Bonchev–Trinajstić information content (AvgIpc) is 2.76. The summed E-state index contributed by atoms with van der Waals surface area (Å²) >= 11 is 0. The molecule has 0 radical (unpaired) electrons. The molecule has 1 unspecified atom stereocenters. The normalized spacial score (nSPS) is 18.6. The molecule has 2 aromatic carbocycles. The van der Waals surface area contributed by atoms with Crippen LogP contribution in [0.25, 0.3) is 5.57 Å². The fourth-order valence-electron chi connectivity index (χ4n) is 2.55. The molecule has 1 atom stereocenters. The van der Waals surface area contributed by atoms with Gasteiger partial charge in [-0.3, -0.25) is 4.79 Å². The highest BCUT2D eigenvalue weighted by atomic mass is 16.2. The first kappa shape index (κ1) is 11.7. The maximum absolute atomic E-state index is 12.2. The van der Waals surface area contributed by atoms with E-state index in [2.05, 4.69) is 6.92 Å². The minimum atomic E-state index is 0.0533. The van der Waals surface area contributed by atoms with E-state index in [1.165, 1.54) is 0 Å². The lowest BCUT2D eigenvalue weighted by molar-refractivity contribution is -0.113. The van der Waals surface area contributed by atoms with Crippen molar-refractivity contribution in [3.05, 3.63) is 72.3 Å². The molecule has 0 saturated carbocycles. The predicted octanol–water partition coefficient (Wildman–Crippen LogP) is 3.51. The van der Waals surface area contributed by atoms with Crippen molar-refractivity contribution in [2.45, 2.75) is 13.0 Å². The van der Waals surface area contributed by atoms with Crippen LogP contribution in [-0.2, 0) is 4.79 Å². The summed E-state index contributed by atoms with van der Waals surface area (Å²) in [5.41, 5.74) is 3.14. The molecule has 0 fully saturated rings. The maximum atomic E-state index is 12.2. The number of nitrogens with zero attached hydrogens (tertiary/aromatic N) is 1. The van der Waals surface area contributed by atoms with E-state index in [9.17, 15) is 4.79 Å². The zero-order chi connectivity index (χ0) is 13.2. The van der Waals surface area contributed by atoms with Crippen LogP contribution in [0.15, 0.2) is 66.7 Å². The van der Waals surface area contributed by atoms with E-state index in [1.807, 2.05) is 65.6 Å². The number of para-hydroxylation sites is 1. The minimum absolute atomic E-state index is 0.0533. The summed E-state index contributed by atoms with van der Waals surface area (Å²) in [7, 11) is 0. The van der Waals surface area contributed by atoms with Gasteiger partial charge in [-0.25, -0.2) is 0 Å². The first-order valence-electron chi connectivity index (χ1n) is 6.42. The molecule has 0 aliphatic carbocycles. The van der Waals surface area contributed by atoms with Crippen LogP contribution in [-0.4, -0.2) is 11.9 Å². The van der Waals surface area contributed by atoms with Gasteiger partial charge in [0.05, 0.1) is 6.04 Å². The molecule has 0 saturated heterocycles. The Bertz CT molecular complexity index is 616. The van der Waals surface area contributed by atoms with Crippen LogP contribution < -0.4 is 4.90 Å². The van der Waals surface area contributed by atoms with Crippen LogP contribution in [0.5, 0.6) is 0 Å². The Labute approximate surface area is 113 Å². The largest absolute Gasteiger partial charge is 0.302 e. The molecule has 0 N–H and O–H groups in total. The van der Waals surface area contributed by atoms with Crippen molar-refractivity contribution < 1.29 is 4.79 Å².